The number of urea groups is 1. The van der Waals surface area contributed by atoms with E-state index in [1.165, 1.54) is 6.26 Å². The number of likely N-dealkylation sites (tertiary alicyclic amines) is 1. The first-order chi connectivity index (χ1) is 16.2. The van der Waals surface area contributed by atoms with Crippen molar-refractivity contribution in [1.29, 1.82) is 0 Å². The summed E-state index contributed by atoms with van der Waals surface area (Å²) in [5, 5.41) is 12.5. The second-order valence-electron chi connectivity index (χ2n) is 8.95. The van der Waals surface area contributed by atoms with Gasteiger partial charge in [0, 0.05) is 43.2 Å². The molecule has 2 fully saturated rings. The number of amides is 2. The van der Waals surface area contributed by atoms with Gasteiger partial charge in [-0.25, -0.2) is 23.2 Å². The van der Waals surface area contributed by atoms with E-state index in [0.29, 0.717) is 68.7 Å². The molecular formula is C23H31N5O5S. The van der Waals surface area contributed by atoms with Crippen LogP contribution in [-0.4, -0.2) is 85.7 Å². The summed E-state index contributed by atoms with van der Waals surface area (Å²) >= 11 is 0. The largest absolute Gasteiger partial charge is 0.393 e. The van der Waals surface area contributed by atoms with Crippen molar-refractivity contribution in [3.8, 4) is 11.4 Å². The minimum Gasteiger partial charge on any atom is -0.393 e. The number of benzene rings is 1. The maximum Gasteiger partial charge on any atom is 0.321 e. The summed E-state index contributed by atoms with van der Waals surface area (Å²) in [4.78, 5) is 25.5. The molecule has 0 spiro atoms. The van der Waals surface area contributed by atoms with Gasteiger partial charge < -0.3 is 25.0 Å². The maximum atomic E-state index is 12.5. The molecule has 2 saturated heterocycles. The number of aliphatic hydroxyl groups is 1. The molecule has 2 N–H and O–H groups in total. The van der Waals surface area contributed by atoms with Crippen molar-refractivity contribution in [2.75, 3.05) is 49.3 Å². The monoisotopic (exact) mass is 489 g/mol. The average molecular weight is 490 g/mol. The Bertz CT molecular complexity index is 1120. The molecule has 184 valence electrons. The molecule has 4 rings (SSSR count). The maximum absolute atomic E-state index is 12.5. The van der Waals surface area contributed by atoms with Gasteiger partial charge in [-0.1, -0.05) is 0 Å². The molecule has 0 bridgehead atoms. The van der Waals surface area contributed by atoms with Crippen LogP contribution in [-0.2, 0) is 20.3 Å². The van der Waals surface area contributed by atoms with Crippen LogP contribution in [0.4, 0.5) is 16.3 Å². The zero-order valence-electron chi connectivity index (χ0n) is 19.5. The van der Waals surface area contributed by atoms with Crippen LogP contribution in [0.5, 0.6) is 0 Å². The molecule has 10 nitrogen and oxygen atoms in total. The SMILES string of the molecule is C[C@H]1COCCN1c1cc(CS(C)(=O)=O)nc(-c2ccc(NC(=O)N3CCC(O)CC3)cc2)n1. The zero-order valence-corrected chi connectivity index (χ0v) is 20.3. The normalized spacial score (nSPS) is 19.8. The lowest BCUT2D eigenvalue weighted by atomic mass is 10.1. The number of carbonyl (C=O) groups excluding carboxylic acids is 1. The molecule has 0 saturated carbocycles. The van der Waals surface area contributed by atoms with Gasteiger partial charge in [0.25, 0.3) is 0 Å². The highest BCUT2D eigenvalue weighted by Crippen LogP contribution is 2.25. The number of aromatic nitrogens is 2. The van der Waals surface area contributed by atoms with Gasteiger partial charge in [-0.3, -0.25) is 0 Å². The average Bonchev–Trinajstić information content (AvgIpc) is 2.79. The molecule has 34 heavy (non-hydrogen) atoms. The standard InChI is InChI=1S/C23H31N5O5S/c1-16-14-33-12-11-28(16)21-13-19(15-34(2,31)32)24-22(26-21)17-3-5-18(6-4-17)25-23(30)27-9-7-20(29)8-10-27/h3-6,13,16,20,29H,7-12,14-15H2,1-2H3,(H,25,30)/t16-/m0/s1. The number of carbonyl (C=O) groups is 1. The van der Waals surface area contributed by atoms with Crippen molar-refractivity contribution in [1.82, 2.24) is 14.9 Å². The summed E-state index contributed by atoms with van der Waals surface area (Å²) in [5.41, 5.74) is 1.79. The molecule has 2 aromatic rings. The predicted octanol–water partition coefficient (Wildman–Crippen LogP) is 1.90. The Kier molecular flexibility index (Phi) is 7.34. The molecule has 2 aliphatic heterocycles. The van der Waals surface area contributed by atoms with Gasteiger partial charge in [-0.05, 0) is 44.0 Å². The molecule has 0 unspecified atom stereocenters. The van der Waals surface area contributed by atoms with E-state index in [1.54, 1.807) is 23.1 Å². The summed E-state index contributed by atoms with van der Waals surface area (Å²) in [7, 11) is -3.27. The van der Waals surface area contributed by atoms with Crippen LogP contribution >= 0.6 is 0 Å². The van der Waals surface area contributed by atoms with Gasteiger partial charge in [-0.15, -0.1) is 0 Å². The van der Waals surface area contributed by atoms with Crippen molar-refractivity contribution in [2.45, 2.75) is 37.7 Å². The first-order valence-electron chi connectivity index (χ1n) is 11.4. The number of aliphatic hydroxyl groups excluding tert-OH is 1. The number of piperidine rings is 1. The smallest absolute Gasteiger partial charge is 0.321 e. The van der Waals surface area contributed by atoms with Crippen molar-refractivity contribution >= 4 is 27.4 Å². The summed E-state index contributed by atoms with van der Waals surface area (Å²) in [6.45, 7) is 4.90. The van der Waals surface area contributed by atoms with Crippen LogP contribution in [0.15, 0.2) is 30.3 Å². The van der Waals surface area contributed by atoms with Crippen LogP contribution in [0.25, 0.3) is 11.4 Å². The minimum atomic E-state index is -3.27. The lowest BCUT2D eigenvalue weighted by molar-refractivity contribution is 0.0972. The third-order valence-corrected chi connectivity index (χ3v) is 6.80. The van der Waals surface area contributed by atoms with Crippen LogP contribution in [0.2, 0.25) is 0 Å². The van der Waals surface area contributed by atoms with Gasteiger partial charge in [-0.2, -0.15) is 0 Å². The quantitative estimate of drug-likeness (QED) is 0.653. The number of morpholine rings is 1. The summed E-state index contributed by atoms with van der Waals surface area (Å²) in [5.74, 6) is 0.925. The molecule has 3 heterocycles. The Hall–Kier alpha value is -2.76. The lowest BCUT2D eigenvalue weighted by Gasteiger charge is -2.34. The fraction of sp³-hybridized carbons (Fsp3) is 0.522. The fourth-order valence-corrected chi connectivity index (χ4v) is 4.83. The zero-order chi connectivity index (χ0) is 24.3. The minimum absolute atomic E-state index is 0.107. The second kappa shape index (κ2) is 10.2. The highest BCUT2D eigenvalue weighted by molar-refractivity contribution is 7.89. The van der Waals surface area contributed by atoms with Crippen molar-refractivity contribution in [3.05, 3.63) is 36.0 Å². The summed E-state index contributed by atoms with van der Waals surface area (Å²) in [6, 6.07) is 8.80. The third kappa shape index (κ3) is 6.22. The topological polar surface area (TPSA) is 125 Å². The van der Waals surface area contributed by atoms with Gasteiger partial charge in [0.1, 0.15) is 5.82 Å². The number of anilines is 2. The van der Waals surface area contributed by atoms with E-state index in [4.69, 9.17) is 9.72 Å². The van der Waals surface area contributed by atoms with E-state index in [2.05, 4.69) is 15.2 Å². The van der Waals surface area contributed by atoms with Crippen LogP contribution in [0, 0.1) is 0 Å². The molecule has 2 amide bonds. The Morgan fingerprint density at radius 3 is 2.53 bits per heavy atom. The van der Waals surface area contributed by atoms with E-state index in [9.17, 15) is 18.3 Å². The summed E-state index contributed by atoms with van der Waals surface area (Å²) in [6.07, 6.45) is 2.01. The Balaban J connectivity index is 1.55. The Labute approximate surface area is 199 Å². The highest BCUT2D eigenvalue weighted by atomic mass is 32.2. The molecular weight excluding hydrogens is 458 g/mol. The second-order valence-corrected chi connectivity index (χ2v) is 11.1. The van der Waals surface area contributed by atoms with Gasteiger partial charge in [0.05, 0.1) is 36.8 Å². The Morgan fingerprint density at radius 2 is 1.88 bits per heavy atom. The number of nitrogens with one attached hydrogen (secondary N) is 1. The molecule has 0 radical (unpaired) electrons. The molecule has 1 atom stereocenters. The number of hydrogen-bond acceptors (Lipinski definition) is 8. The van der Waals surface area contributed by atoms with E-state index in [0.717, 1.165) is 5.56 Å². The van der Waals surface area contributed by atoms with Gasteiger partial charge >= 0.3 is 6.03 Å². The molecule has 0 aliphatic carbocycles. The number of ether oxygens (including phenoxy) is 1. The predicted molar refractivity (Wildman–Crippen MR) is 129 cm³/mol. The summed E-state index contributed by atoms with van der Waals surface area (Å²) < 4.78 is 29.4. The number of rotatable bonds is 5. The third-order valence-electron chi connectivity index (χ3n) is 5.98. The first-order valence-corrected chi connectivity index (χ1v) is 13.5. The van der Waals surface area contributed by atoms with E-state index in [-0.39, 0.29) is 23.9 Å². The van der Waals surface area contributed by atoms with E-state index < -0.39 is 9.84 Å². The first kappa shape index (κ1) is 24.4. The van der Waals surface area contributed by atoms with Crippen LogP contribution in [0.1, 0.15) is 25.5 Å². The number of nitrogens with zero attached hydrogens (tertiary/aromatic N) is 4. The highest BCUT2D eigenvalue weighted by Gasteiger charge is 2.23. The molecule has 1 aromatic carbocycles. The van der Waals surface area contributed by atoms with Crippen molar-refractivity contribution in [2.24, 2.45) is 0 Å². The van der Waals surface area contributed by atoms with E-state index >= 15 is 0 Å². The lowest BCUT2D eigenvalue weighted by Crippen LogP contribution is -2.44. The Morgan fingerprint density at radius 1 is 1.18 bits per heavy atom. The molecule has 11 heteroatoms. The number of hydrogen-bond donors (Lipinski definition) is 2. The van der Waals surface area contributed by atoms with Gasteiger partial charge in [0.2, 0.25) is 0 Å². The van der Waals surface area contributed by atoms with Gasteiger partial charge in [0.15, 0.2) is 15.7 Å². The fourth-order valence-electron chi connectivity index (χ4n) is 4.14. The number of sulfone groups is 1. The van der Waals surface area contributed by atoms with E-state index in [1.807, 2.05) is 19.1 Å². The molecule has 2 aliphatic rings. The van der Waals surface area contributed by atoms with Crippen LogP contribution < -0.4 is 10.2 Å². The van der Waals surface area contributed by atoms with Crippen LogP contribution in [0.3, 0.4) is 0 Å². The van der Waals surface area contributed by atoms with Crippen molar-refractivity contribution in [3.63, 3.8) is 0 Å². The van der Waals surface area contributed by atoms with Crippen molar-refractivity contribution < 1.29 is 23.1 Å². The molecule has 1 aromatic heterocycles.